The standard InChI is InChI=1S/C32H26N2.C22H16O6S2/c1-3-13-31-27(7-1)9-5-11-29(31)23-33-19-15-25(16-20-33)26-17-21-34(22-18-26)24-30-12-6-10-28-8-2-4-14-32(28)30;1-14(10-12-19-21(23)15-6-2-4-8-17(15)29(19,25)26)11-13-20-22(24)16-7-3-5-9-18(16)30(20,27)28/h1-22H,23-24H2;2-13,23H,1H3/q+2;/p-1. The number of carbonyl (C=O) groups is 1. The van der Waals surface area contributed by atoms with E-state index in [4.69, 9.17) is 0 Å². The molecule has 4 heterocycles. The number of hydrogen-bond donors (Lipinski definition) is 0. The predicted molar refractivity (Wildman–Crippen MR) is 248 cm³/mol. The molecule has 0 atom stereocenters. The van der Waals surface area contributed by atoms with E-state index in [-0.39, 0.29) is 30.7 Å². The Hall–Kier alpha value is -7.53. The van der Waals surface area contributed by atoms with Crippen LogP contribution < -0.4 is 14.2 Å². The Balaban J connectivity index is 0.000000163. The normalized spacial score (nSPS) is 15.7. The molecule has 2 aliphatic rings. The number of ketones is 1. The first kappa shape index (κ1) is 41.8. The van der Waals surface area contributed by atoms with E-state index in [1.54, 1.807) is 31.2 Å². The number of nitrogens with zero attached hydrogens (tertiary/aromatic N) is 2. The lowest BCUT2D eigenvalue weighted by Gasteiger charge is -2.07. The molecule has 0 N–H and O–H groups in total. The third-order valence-corrected chi connectivity index (χ3v) is 15.1. The molecule has 64 heavy (non-hydrogen) atoms. The lowest BCUT2D eigenvalue weighted by molar-refractivity contribution is -0.688. The van der Waals surface area contributed by atoms with Crippen molar-refractivity contribution in [2.75, 3.05) is 0 Å². The molecule has 314 valence electrons. The molecule has 0 unspecified atom stereocenters. The summed E-state index contributed by atoms with van der Waals surface area (Å²) in [7, 11) is -7.80. The minimum Gasteiger partial charge on any atom is -0.871 e. The molecular formula is C54H41N2O6S2+. The molecule has 2 aromatic heterocycles. The van der Waals surface area contributed by atoms with Gasteiger partial charge in [0.25, 0.3) is 0 Å². The summed E-state index contributed by atoms with van der Waals surface area (Å²) in [6, 6.07) is 51.0. The zero-order chi connectivity index (χ0) is 44.4. The highest BCUT2D eigenvalue weighted by molar-refractivity contribution is 7.97. The lowest BCUT2D eigenvalue weighted by Crippen LogP contribution is -2.33. The quantitative estimate of drug-likeness (QED) is 0.0856. The molecule has 0 bridgehead atoms. The van der Waals surface area contributed by atoms with Gasteiger partial charge in [-0.1, -0.05) is 139 Å². The Morgan fingerprint density at radius 2 is 1.00 bits per heavy atom. The molecular weight excluding hydrogens is 837 g/mol. The molecule has 0 spiro atoms. The summed E-state index contributed by atoms with van der Waals surface area (Å²) in [5.41, 5.74) is 5.85. The fourth-order valence-electron chi connectivity index (χ4n) is 8.09. The summed E-state index contributed by atoms with van der Waals surface area (Å²) in [5, 5.41) is 17.6. The van der Waals surface area contributed by atoms with Gasteiger partial charge in [0.05, 0.1) is 14.7 Å². The van der Waals surface area contributed by atoms with Crippen molar-refractivity contribution in [2.45, 2.75) is 29.8 Å². The van der Waals surface area contributed by atoms with Crippen LogP contribution in [0.1, 0.15) is 34.0 Å². The summed E-state index contributed by atoms with van der Waals surface area (Å²) < 4.78 is 54.7. The first-order valence-corrected chi connectivity index (χ1v) is 23.6. The molecule has 0 saturated carbocycles. The van der Waals surface area contributed by atoms with E-state index in [1.165, 1.54) is 92.4 Å². The Bertz CT molecular complexity index is 3360. The second-order valence-electron chi connectivity index (χ2n) is 15.6. The van der Waals surface area contributed by atoms with Crippen LogP contribution in [-0.2, 0) is 32.8 Å². The van der Waals surface area contributed by atoms with Crippen LogP contribution in [0.25, 0.3) is 38.4 Å². The number of Topliss-reactive ketones (excluding diaryl/α,β-unsaturated/α-hetero) is 1. The van der Waals surface area contributed by atoms with Gasteiger partial charge >= 0.3 is 0 Å². The van der Waals surface area contributed by atoms with Crippen molar-refractivity contribution in [3.05, 3.63) is 244 Å². The third-order valence-electron chi connectivity index (χ3n) is 11.4. The molecule has 8 aromatic rings. The van der Waals surface area contributed by atoms with Crippen molar-refractivity contribution in [1.29, 1.82) is 0 Å². The van der Waals surface area contributed by atoms with Crippen LogP contribution in [0.4, 0.5) is 0 Å². The van der Waals surface area contributed by atoms with Crippen LogP contribution in [0.2, 0.25) is 0 Å². The van der Waals surface area contributed by atoms with Crippen LogP contribution >= 0.6 is 0 Å². The van der Waals surface area contributed by atoms with Gasteiger partial charge in [0, 0.05) is 41.0 Å². The molecule has 2 aliphatic heterocycles. The first-order valence-electron chi connectivity index (χ1n) is 20.6. The van der Waals surface area contributed by atoms with Crippen molar-refractivity contribution in [3.8, 4) is 11.1 Å². The molecule has 0 amide bonds. The van der Waals surface area contributed by atoms with Crippen LogP contribution in [0.15, 0.2) is 232 Å². The molecule has 0 fully saturated rings. The predicted octanol–water partition coefficient (Wildman–Crippen LogP) is 8.89. The Labute approximate surface area is 372 Å². The molecule has 0 aliphatic carbocycles. The zero-order valence-corrected chi connectivity index (χ0v) is 36.3. The highest BCUT2D eigenvalue weighted by Gasteiger charge is 2.38. The summed E-state index contributed by atoms with van der Waals surface area (Å²) in [5.74, 6) is -1.17. The lowest BCUT2D eigenvalue weighted by atomic mass is 10.0. The topological polar surface area (TPSA) is 116 Å². The molecule has 0 radical (unpaired) electrons. The summed E-state index contributed by atoms with van der Waals surface area (Å²) in [4.78, 5) is 11.7. The number of fused-ring (bicyclic) bond motifs is 4. The van der Waals surface area contributed by atoms with Crippen molar-refractivity contribution in [2.24, 2.45) is 0 Å². The number of rotatable bonds is 8. The van der Waals surface area contributed by atoms with Crippen LogP contribution in [0.5, 0.6) is 0 Å². The van der Waals surface area contributed by atoms with Gasteiger partial charge in [-0.3, -0.25) is 4.79 Å². The first-order chi connectivity index (χ1) is 31.0. The van der Waals surface area contributed by atoms with Crippen molar-refractivity contribution < 1.29 is 35.9 Å². The second-order valence-corrected chi connectivity index (χ2v) is 19.4. The number of pyridine rings is 2. The van der Waals surface area contributed by atoms with Crippen LogP contribution in [0, 0.1) is 0 Å². The highest BCUT2D eigenvalue weighted by atomic mass is 32.2. The summed E-state index contributed by atoms with van der Waals surface area (Å²) in [6.45, 7) is 3.33. The van der Waals surface area contributed by atoms with E-state index >= 15 is 0 Å². The van der Waals surface area contributed by atoms with E-state index in [0.717, 1.165) is 13.1 Å². The Morgan fingerprint density at radius 3 is 1.52 bits per heavy atom. The van der Waals surface area contributed by atoms with E-state index in [9.17, 15) is 26.7 Å². The fourth-order valence-corrected chi connectivity index (χ4v) is 11.2. The maximum Gasteiger partial charge on any atom is 0.211 e. The molecule has 0 saturated heterocycles. The van der Waals surface area contributed by atoms with Gasteiger partial charge in [0.2, 0.25) is 25.5 Å². The minimum atomic E-state index is -3.90. The number of sulfone groups is 2. The van der Waals surface area contributed by atoms with Crippen LogP contribution in [0.3, 0.4) is 0 Å². The van der Waals surface area contributed by atoms with Gasteiger partial charge in [-0.05, 0) is 75.5 Å². The number of carbonyl (C=O) groups excluding carboxylic acids is 1. The van der Waals surface area contributed by atoms with Crippen LogP contribution in [-0.4, -0.2) is 22.6 Å². The Kier molecular flexibility index (Phi) is 11.3. The second kappa shape index (κ2) is 17.3. The molecule has 10 rings (SSSR count). The van der Waals surface area contributed by atoms with Crippen molar-refractivity contribution >= 4 is 52.8 Å². The third kappa shape index (κ3) is 8.12. The van der Waals surface area contributed by atoms with Crippen molar-refractivity contribution in [3.63, 3.8) is 0 Å². The number of aromatic nitrogens is 2. The highest BCUT2D eigenvalue weighted by Crippen LogP contribution is 2.37. The van der Waals surface area contributed by atoms with E-state index in [1.807, 2.05) is 0 Å². The van der Waals surface area contributed by atoms with Gasteiger partial charge in [0.15, 0.2) is 37.9 Å². The summed E-state index contributed by atoms with van der Waals surface area (Å²) in [6.07, 6.45) is 13.9. The van der Waals surface area contributed by atoms with E-state index in [0.29, 0.717) is 5.57 Å². The average Bonchev–Trinajstić information content (AvgIpc) is 3.64. The molecule has 8 nitrogen and oxygen atoms in total. The van der Waals surface area contributed by atoms with E-state index in [2.05, 4.69) is 143 Å². The monoisotopic (exact) mass is 877 g/mol. The molecule has 10 heteroatoms. The number of allylic oxidation sites excluding steroid dienone is 6. The number of benzene rings is 6. The smallest absolute Gasteiger partial charge is 0.211 e. The Morgan fingerprint density at radius 1 is 0.547 bits per heavy atom. The minimum absolute atomic E-state index is 0.0289. The van der Waals surface area contributed by atoms with Gasteiger partial charge in [0.1, 0.15) is 4.91 Å². The van der Waals surface area contributed by atoms with Gasteiger partial charge in [-0.15, -0.1) is 0 Å². The van der Waals surface area contributed by atoms with Crippen molar-refractivity contribution in [1.82, 2.24) is 0 Å². The van der Waals surface area contributed by atoms with Gasteiger partial charge in [-0.2, -0.15) is 0 Å². The number of hydrogen-bond acceptors (Lipinski definition) is 6. The maximum atomic E-state index is 12.6. The maximum absolute atomic E-state index is 12.6. The van der Waals surface area contributed by atoms with E-state index < -0.39 is 31.2 Å². The summed E-state index contributed by atoms with van der Waals surface area (Å²) >= 11 is 0. The average molecular weight is 878 g/mol. The zero-order valence-electron chi connectivity index (χ0n) is 34.7. The SMILES string of the molecule is CC(C=CC1=C([O-])c2ccccc2S1(=O)=O)=CC=C1C(=O)c2ccccc2S1(=O)=O.c1ccc2c(C[n+]3ccc(-c4cc[n+](Cc5cccc6ccccc56)cc4)cc3)cccc2c1. The fraction of sp³-hybridized carbons (Fsp3) is 0.0556. The molecule has 6 aromatic carbocycles. The van der Waals surface area contributed by atoms with Gasteiger partial charge < -0.3 is 5.11 Å². The van der Waals surface area contributed by atoms with Gasteiger partial charge in [-0.25, -0.2) is 26.0 Å². The largest absolute Gasteiger partial charge is 0.871 e.